The number of carbonyl (C=O) groups is 1. The Hall–Kier alpha value is -1.51. The van der Waals surface area contributed by atoms with Crippen LogP contribution >= 0.6 is 0 Å². The van der Waals surface area contributed by atoms with Crippen LogP contribution in [0.2, 0.25) is 0 Å². The van der Waals surface area contributed by atoms with Crippen LogP contribution in [0.3, 0.4) is 0 Å². The van der Waals surface area contributed by atoms with Gasteiger partial charge in [-0.1, -0.05) is 31.0 Å². The zero-order valence-electron chi connectivity index (χ0n) is 11.2. The second-order valence-corrected chi connectivity index (χ2v) is 5.61. The first-order valence-corrected chi connectivity index (χ1v) is 7.38. The molecular weight excluding hydrogens is 238 g/mol. The van der Waals surface area contributed by atoms with E-state index >= 15 is 0 Å². The minimum Gasteiger partial charge on any atom is -0.461 e. The molecule has 1 aliphatic heterocycles. The molecule has 1 fully saturated rings. The second-order valence-electron chi connectivity index (χ2n) is 5.61. The predicted octanol–water partition coefficient (Wildman–Crippen LogP) is 3.29. The van der Waals surface area contributed by atoms with Crippen molar-refractivity contribution in [2.45, 2.75) is 57.1 Å². The van der Waals surface area contributed by atoms with E-state index in [1.54, 1.807) is 0 Å². The fourth-order valence-corrected chi connectivity index (χ4v) is 3.05. The Labute approximate surface area is 114 Å². The summed E-state index contributed by atoms with van der Waals surface area (Å²) in [4.78, 5) is 12.2. The molecule has 1 heterocycles. The van der Waals surface area contributed by atoms with Crippen molar-refractivity contribution in [2.24, 2.45) is 0 Å². The zero-order valence-corrected chi connectivity index (χ0v) is 11.2. The van der Waals surface area contributed by atoms with Gasteiger partial charge in [0.1, 0.15) is 12.1 Å². The van der Waals surface area contributed by atoms with Gasteiger partial charge in [-0.2, -0.15) is 0 Å². The molecule has 3 heteroatoms. The summed E-state index contributed by atoms with van der Waals surface area (Å²) in [5, 5.41) is 3.26. The van der Waals surface area contributed by atoms with Gasteiger partial charge in [-0.15, -0.1) is 0 Å². The average Bonchev–Trinajstić information content (AvgIpc) is 2.70. The molecule has 1 aliphatic carbocycles. The molecule has 1 aromatic carbocycles. The molecule has 1 saturated carbocycles. The SMILES string of the molecule is O=C(OC1CCCCCC1)C1Cc2ccccc2N1. The van der Waals surface area contributed by atoms with Crippen LogP contribution in [0.25, 0.3) is 0 Å². The van der Waals surface area contributed by atoms with E-state index in [1.807, 2.05) is 18.2 Å². The third-order valence-electron chi connectivity index (χ3n) is 4.14. The van der Waals surface area contributed by atoms with E-state index in [1.165, 1.54) is 31.2 Å². The van der Waals surface area contributed by atoms with E-state index in [0.717, 1.165) is 24.9 Å². The summed E-state index contributed by atoms with van der Waals surface area (Å²) in [6.07, 6.45) is 7.90. The molecule has 2 aliphatic rings. The monoisotopic (exact) mass is 259 g/mol. The first-order valence-electron chi connectivity index (χ1n) is 7.38. The summed E-state index contributed by atoms with van der Waals surface area (Å²) in [6.45, 7) is 0. The largest absolute Gasteiger partial charge is 0.461 e. The van der Waals surface area contributed by atoms with E-state index in [0.29, 0.717) is 0 Å². The lowest BCUT2D eigenvalue weighted by Crippen LogP contribution is -2.32. The smallest absolute Gasteiger partial charge is 0.329 e. The van der Waals surface area contributed by atoms with Crippen LogP contribution in [0.1, 0.15) is 44.1 Å². The minimum absolute atomic E-state index is 0.0805. The lowest BCUT2D eigenvalue weighted by atomic mass is 10.1. The van der Waals surface area contributed by atoms with Gasteiger partial charge in [0.15, 0.2) is 0 Å². The van der Waals surface area contributed by atoms with Crippen LogP contribution in [-0.4, -0.2) is 18.1 Å². The Morgan fingerprint density at radius 2 is 1.84 bits per heavy atom. The third kappa shape index (κ3) is 2.91. The molecule has 19 heavy (non-hydrogen) atoms. The van der Waals surface area contributed by atoms with E-state index in [4.69, 9.17) is 4.74 Å². The van der Waals surface area contributed by atoms with Crippen molar-refractivity contribution in [3.63, 3.8) is 0 Å². The lowest BCUT2D eigenvalue weighted by Gasteiger charge is -2.18. The Morgan fingerprint density at radius 1 is 1.11 bits per heavy atom. The van der Waals surface area contributed by atoms with Crippen molar-refractivity contribution in [3.8, 4) is 0 Å². The topological polar surface area (TPSA) is 38.3 Å². The van der Waals surface area contributed by atoms with Gasteiger partial charge in [-0.05, 0) is 37.3 Å². The van der Waals surface area contributed by atoms with Gasteiger partial charge in [-0.25, -0.2) is 4.79 Å². The van der Waals surface area contributed by atoms with Crippen molar-refractivity contribution in [1.29, 1.82) is 0 Å². The molecule has 0 aromatic heterocycles. The number of ether oxygens (including phenoxy) is 1. The van der Waals surface area contributed by atoms with Crippen LogP contribution in [0.5, 0.6) is 0 Å². The first-order chi connectivity index (χ1) is 9.33. The van der Waals surface area contributed by atoms with Crippen LogP contribution in [0.15, 0.2) is 24.3 Å². The van der Waals surface area contributed by atoms with E-state index in [-0.39, 0.29) is 18.1 Å². The van der Waals surface area contributed by atoms with Gasteiger partial charge in [0.25, 0.3) is 0 Å². The fourth-order valence-electron chi connectivity index (χ4n) is 3.05. The maximum Gasteiger partial charge on any atom is 0.329 e. The van der Waals surface area contributed by atoms with Crippen molar-refractivity contribution in [2.75, 3.05) is 5.32 Å². The number of nitrogens with one attached hydrogen (secondary N) is 1. The Balaban J connectivity index is 1.57. The number of fused-ring (bicyclic) bond motifs is 1. The highest BCUT2D eigenvalue weighted by Crippen LogP contribution is 2.27. The highest BCUT2D eigenvalue weighted by molar-refractivity contribution is 5.83. The summed E-state index contributed by atoms with van der Waals surface area (Å²) in [5.41, 5.74) is 2.29. The first kappa shape index (κ1) is 12.5. The standard InChI is InChI=1S/C16H21NO2/c18-16(19-13-8-3-1-2-4-9-13)15-11-12-7-5-6-10-14(12)17-15/h5-7,10,13,15,17H,1-4,8-9,11H2. The third-order valence-corrected chi connectivity index (χ3v) is 4.14. The van der Waals surface area contributed by atoms with Crippen molar-refractivity contribution in [3.05, 3.63) is 29.8 Å². The predicted molar refractivity (Wildman–Crippen MR) is 75.1 cm³/mol. The highest BCUT2D eigenvalue weighted by atomic mass is 16.5. The van der Waals surface area contributed by atoms with Crippen molar-refractivity contribution >= 4 is 11.7 Å². The van der Waals surface area contributed by atoms with E-state index < -0.39 is 0 Å². The highest BCUT2D eigenvalue weighted by Gasteiger charge is 2.29. The molecular formula is C16H21NO2. The van der Waals surface area contributed by atoms with Crippen LogP contribution in [0.4, 0.5) is 5.69 Å². The summed E-state index contributed by atoms with van der Waals surface area (Å²) in [6, 6.07) is 7.90. The molecule has 102 valence electrons. The van der Waals surface area contributed by atoms with Gasteiger partial charge >= 0.3 is 5.97 Å². The zero-order chi connectivity index (χ0) is 13.1. The van der Waals surface area contributed by atoms with Crippen LogP contribution in [-0.2, 0) is 16.0 Å². The van der Waals surface area contributed by atoms with Gasteiger partial charge in [-0.3, -0.25) is 0 Å². The van der Waals surface area contributed by atoms with Crippen molar-refractivity contribution < 1.29 is 9.53 Å². The van der Waals surface area contributed by atoms with Gasteiger partial charge in [0.2, 0.25) is 0 Å². The Bertz CT molecular complexity index is 425. The summed E-state index contributed by atoms with van der Waals surface area (Å²) in [7, 11) is 0. The number of benzene rings is 1. The number of anilines is 1. The van der Waals surface area contributed by atoms with Gasteiger partial charge in [0, 0.05) is 12.1 Å². The molecule has 1 aromatic rings. The molecule has 3 rings (SSSR count). The number of hydrogen-bond acceptors (Lipinski definition) is 3. The molecule has 3 nitrogen and oxygen atoms in total. The molecule has 1 unspecified atom stereocenters. The number of carbonyl (C=O) groups excluding carboxylic acids is 1. The van der Waals surface area contributed by atoms with E-state index in [9.17, 15) is 4.79 Å². The maximum absolute atomic E-state index is 12.2. The van der Waals surface area contributed by atoms with Gasteiger partial charge in [0.05, 0.1) is 0 Å². The van der Waals surface area contributed by atoms with Crippen molar-refractivity contribution in [1.82, 2.24) is 0 Å². The minimum atomic E-state index is -0.194. The molecule has 1 N–H and O–H groups in total. The summed E-state index contributed by atoms with van der Waals surface area (Å²) < 4.78 is 5.69. The number of para-hydroxylation sites is 1. The molecule has 0 spiro atoms. The number of hydrogen-bond donors (Lipinski definition) is 1. The van der Waals surface area contributed by atoms with Gasteiger partial charge < -0.3 is 10.1 Å². The summed E-state index contributed by atoms with van der Waals surface area (Å²) in [5.74, 6) is -0.0805. The molecule has 1 atom stereocenters. The number of rotatable bonds is 2. The maximum atomic E-state index is 12.2. The Morgan fingerprint density at radius 3 is 2.58 bits per heavy atom. The lowest BCUT2D eigenvalue weighted by molar-refractivity contribution is -0.150. The second kappa shape index (κ2) is 5.64. The molecule has 0 saturated heterocycles. The average molecular weight is 259 g/mol. The summed E-state index contributed by atoms with van der Waals surface area (Å²) >= 11 is 0. The van der Waals surface area contributed by atoms with E-state index in [2.05, 4.69) is 11.4 Å². The van der Waals surface area contributed by atoms with Crippen LogP contribution < -0.4 is 5.32 Å². The Kier molecular flexibility index (Phi) is 3.72. The molecule has 0 bridgehead atoms. The molecule has 0 radical (unpaired) electrons. The molecule has 0 amide bonds. The quantitative estimate of drug-likeness (QED) is 0.654. The number of esters is 1. The van der Waals surface area contributed by atoms with Crippen LogP contribution in [0, 0.1) is 0 Å². The fraction of sp³-hybridized carbons (Fsp3) is 0.562. The normalized spacial score (nSPS) is 23.3.